The molecule has 7 rings (SSSR count). The van der Waals surface area contributed by atoms with Crippen molar-refractivity contribution in [2.75, 3.05) is 26.2 Å². The van der Waals surface area contributed by atoms with Gasteiger partial charge >= 0.3 is 0 Å². The first-order valence-electron chi connectivity index (χ1n) is 15.5. The summed E-state index contributed by atoms with van der Waals surface area (Å²) < 4.78 is 0. The van der Waals surface area contributed by atoms with Gasteiger partial charge < -0.3 is 10.2 Å². The van der Waals surface area contributed by atoms with E-state index in [1.165, 1.54) is 24.0 Å². The molecule has 1 spiro atoms. The highest BCUT2D eigenvalue weighted by atomic mass is 35.5. The monoisotopic (exact) mass is 627 g/mol. The lowest BCUT2D eigenvalue weighted by Gasteiger charge is -2.47. The predicted octanol–water partition coefficient (Wildman–Crippen LogP) is 6.87. The SMILES string of the molecule is O=C(NC1CCc2ccc(C(=O)N3CCC4(CCN(Cc5ccc6nccnc6c5)CC4)CC3)cc21)c1cccc(Cl)c1Cl. The van der Waals surface area contributed by atoms with Crippen LogP contribution in [0, 0.1) is 5.41 Å². The Labute approximate surface area is 267 Å². The molecule has 226 valence electrons. The van der Waals surface area contributed by atoms with Crippen LogP contribution in [0.5, 0.6) is 0 Å². The maximum absolute atomic E-state index is 13.6. The van der Waals surface area contributed by atoms with Gasteiger partial charge in [-0.2, -0.15) is 0 Å². The number of piperidine rings is 2. The van der Waals surface area contributed by atoms with E-state index in [9.17, 15) is 9.59 Å². The van der Waals surface area contributed by atoms with Crippen molar-refractivity contribution in [3.05, 3.63) is 105 Å². The first-order chi connectivity index (χ1) is 21.4. The Morgan fingerprint density at radius 3 is 2.43 bits per heavy atom. The van der Waals surface area contributed by atoms with Gasteiger partial charge in [-0.05, 0) is 110 Å². The molecular formula is C35H35Cl2N5O2. The van der Waals surface area contributed by atoms with Gasteiger partial charge in [0.2, 0.25) is 0 Å². The summed E-state index contributed by atoms with van der Waals surface area (Å²) in [4.78, 5) is 40.1. The number of likely N-dealkylation sites (tertiary alicyclic amines) is 2. The molecule has 3 heterocycles. The molecule has 1 N–H and O–H groups in total. The molecule has 1 aromatic heterocycles. The highest BCUT2D eigenvalue weighted by molar-refractivity contribution is 6.43. The van der Waals surface area contributed by atoms with Gasteiger partial charge in [-0.3, -0.25) is 24.5 Å². The summed E-state index contributed by atoms with van der Waals surface area (Å²) in [5, 5.41) is 3.72. The number of hydrogen-bond donors (Lipinski definition) is 1. The second-order valence-electron chi connectivity index (χ2n) is 12.5. The van der Waals surface area contributed by atoms with Crippen LogP contribution in [0.25, 0.3) is 11.0 Å². The van der Waals surface area contributed by atoms with E-state index >= 15 is 0 Å². The van der Waals surface area contributed by atoms with Crippen LogP contribution in [-0.4, -0.2) is 57.8 Å². The van der Waals surface area contributed by atoms with Crippen molar-refractivity contribution in [1.29, 1.82) is 0 Å². The Morgan fingerprint density at radius 2 is 1.64 bits per heavy atom. The first-order valence-corrected chi connectivity index (χ1v) is 16.2. The summed E-state index contributed by atoms with van der Waals surface area (Å²) in [7, 11) is 0. The van der Waals surface area contributed by atoms with E-state index in [0.29, 0.717) is 21.6 Å². The maximum Gasteiger partial charge on any atom is 0.253 e. The number of nitrogens with one attached hydrogen (secondary N) is 1. The maximum atomic E-state index is 13.6. The van der Waals surface area contributed by atoms with Crippen LogP contribution in [-0.2, 0) is 13.0 Å². The molecule has 3 aromatic carbocycles. The van der Waals surface area contributed by atoms with Crippen molar-refractivity contribution < 1.29 is 9.59 Å². The number of carbonyl (C=O) groups excluding carboxylic acids is 2. The molecular weight excluding hydrogens is 593 g/mol. The number of nitrogens with zero attached hydrogens (tertiary/aromatic N) is 4. The molecule has 1 unspecified atom stereocenters. The van der Waals surface area contributed by atoms with E-state index in [2.05, 4.69) is 38.4 Å². The minimum Gasteiger partial charge on any atom is -0.345 e. The average molecular weight is 629 g/mol. The summed E-state index contributed by atoms with van der Waals surface area (Å²) >= 11 is 12.4. The predicted molar refractivity (Wildman–Crippen MR) is 173 cm³/mol. The van der Waals surface area contributed by atoms with Gasteiger partial charge in [0, 0.05) is 37.6 Å². The summed E-state index contributed by atoms with van der Waals surface area (Å²) in [6.45, 7) is 4.65. The number of halogens is 2. The fraction of sp³-hybridized carbons (Fsp3) is 0.371. The number of fused-ring (bicyclic) bond motifs is 2. The number of aryl methyl sites for hydroxylation is 1. The molecule has 2 saturated heterocycles. The Balaban J connectivity index is 0.947. The minimum atomic E-state index is -0.258. The highest BCUT2D eigenvalue weighted by Gasteiger charge is 2.39. The molecule has 3 aliphatic rings. The summed E-state index contributed by atoms with van der Waals surface area (Å²) in [5.74, 6) is -0.180. The lowest BCUT2D eigenvalue weighted by Crippen LogP contribution is -2.48. The van der Waals surface area contributed by atoms with E-state index in [0.717, 1.165) is 75.0 Å². The Morgan fingerprint density at radius 1 is 0.886 bits per heavy atom. The lowest BCUT2D eigenvalue weighted by molar-refractivity contribution is 0.0285. The third-order valence-corrected chi connectivity index (χ3v) is 10.8. The molecule has 2 aliphatic heterocycles. The number of rotatable bonds is 5. The molecule has 4 aromatic rings. The lowest BCUT2D eigenvalue weighted by atomic mass is 9.71. The van der Waals surface area contributed by atoms with Gasteiger partial charge in [0.05, 0.1) is 32.7 Å². The van der Waals surface area contributed by atoms with Crippen LogP contribution >= 0.6 is 23.2 Å². The van der Waals surface area contributed by atoms with E-state index in [4.69, 9.17) is 23.2 Å². The number of benzene rings is 3. The normalized spacial score (nSPS) is 19.7. The molecule has 7 nitrogen and oxygen atoms in total. The zero-order valence-corrected chi connectivity index (χ0v) is 26.1. The average Bonchev–Trinajstić information content (AvgIpc) is 3.45. The molecule has 2 amide bonds. The van der Waals surface area contributed by atoms with Crippen LogP contribution in [0.1, 0.15) is 75.6 Å². The van der Waals surface area contributed by atoms with Gasteiger partial charge in [-0.1, -0.05) is 41.4 Å². The number of amides is 2. The van der Waals surface area contributed by atoms with Crippen LogP contribution < -0.4 is 5.32 Å². The van der Waals surface area contributed by atoms with Gasteiger partial charge in [-0.15, -0.1) is 0 Å². The minimum absolute atomic E-state index is 0.0781. The largest absolute Gasteiger partial charge is 0.345 e. The van der Waals surface area contributed by atoms with Crippen LogP contribution in [0.2, 0.25) is 10.0 Å². The highest BCUT2D eigenvalue weighted by Crippen LogP contribution is 2.42. The van der Waals surface area contributed by atoms with Gasteiger partial charge in [0.25, 0.3) is 11.8 Å². The summed E-state index contributed by atoms with van der Waals surface area (Å²) in [5.41, 5.74) is 6.71. The van der Waals surface area contributed by atoms with Gasteiger partial charge in [0.1, 0.15) is 0 Å². The molecule has 0 radical (unpaired) electrons. The van der Waals surface area contributed by atoms with Gasteiger partial charge in [-0.25, -0.2) is 0 Å². The van der Waals surface area contributed by atoms with Crippen LogP contribution in [0.15, 0.2) is 67.0 Å². The second kappa shape index (κ2) is 12.1. The van der Waals surface area contributed by atoms with E-state index < -0.39 is 0 Å². The molecule has 0 saturated carbocycles. The van der Waals surface area contributed by atoms with E-state index in [-0.39, 0.29) is 22.9 Å². The van der Waals surface area contributed by atoms with Crippen molar-refractivity contribution in [3.63, 3.8) is 0 Å². The van der Waals surface area contributed by atoms with Crippen molar-refractivity contribution in [3.8, 4) is 0 Å². The van der Waals surface area contributed by atoms with Crippen molar-refractivity contribution in [2.45, 2.75) is 51.1 Å². The number of carbonyl (C=O) groups is 2. The smallest absolute Gasteiger partial charge is 0.253 e. The summed E-state index contributed by atoms with van der Waals surface area (Å²) in [6, 6.07) is 17.2. The third kappa shape index (κ3) is 5.81. The Hall–Kier alpha value is -3.52. The zero-order valence-electron chi connectivity index (χ0n) is 24.6. The number of aromatic nitrogens is 2. The molecule has 0 bridgehead atoms. The fourth-order valence-electron chi connectivity index (χ4n) is 7.22. The van der Waals surface area contributed by atoms with Crippen molar-refractivity contribution in [1.82, 2.24) is 25.1 Å². The van der Waals surface area contributed by atoms with Gasteiger partial charge in [0.15, 0.2) is 0 Å². The first kappa shape index (κ1) is 29.2. The van der Waals surface area contributed by atoms with E-state index in [1.54, 1.807) is 30.6 Å². The second-order valence-corrected chi connectivity index (χ2v) is 13.3. The molecule has 1 aliphatic carbocycles. The number of hydrogen-bond acceptors (Lipinski definition) is 5. The quantitative estimate of drug-likeness (QED) is 0.261. The fourth-order valence-corrected chi connectivity index (χ4v) is 7.60. The molecule has 44 heavy (non-hydrogen) atoms. The van der Waals surface area contributed by atoms with Crippen LogP contribution in [0.3, 0.4) is 0 Å². The Bertz CT molecular complexity index is 1730. The standard InChI is InChI=1S/C35H35Cl2N5O2/c36-28-3-1-2-26(32(28)37)33(43)40-29-9-7-24-5-6-25(21-27(24)29)34(44)42-18-12-35(13-19-42)10-16-41(17-11-35)22-23-4-8-30-31(20-23)39-15-14-38-30/h1-6,8,14-15,20-21,29H,7,9-13,16-19,22H2,(H,40,43). The molecule has 2 fully saturated rings. The Kier molecular flexibility index (Phi) is 8.04. The van der Waals surface area contributed by atoms with Crippen molar-refractivity contribution in [2.24, 2.45) is 5.41 Å². The molecule has 1 atom stereocenters. The van der Waals surface area contributed by atoms with Crippen LogP contribution in [0.4, 0.5) is 0 Å². The molecule has 9 heteroatoms. The topological polar surface area (TPSA) is 78.4 Å². The third-order valence-electron chi connectivity index (χ3n) is 9.94. The summed E-state index contributed by atoms with van der Waals surface area (Å²) in [6.07, 6.45) is 9.54. The zero-order chi connectivity index (χ0) is 30.3. The van der Waals surface area contributed by atoms with E-state index in [1.807, 2.05) is 23.1 Å². The van der Waals surface area contributed by atoms with Crippen molar-refractivity contribution >= 4 is 46.0 Å².